The van der Waals surface area contributed by atoms with Crippen LogP contribution >= 0.6 is 0 Å². The molecular formula is C12H16N4O4S. The second-order valence-corrected chi connectivity index (χ2v) is 6.95. The van der Waals surface area contributed by atoms with Crippen molar-refractivity contribution in [2.24, 2.45) is 0 Å². The summed E-state index contributed by atoms with van der Waals surface area (Å²) in [6, 6.07) is 2.40. The molecule has 1 aliphatic heterocycles. The average molecular weight is 312 g/mol. The molecule has 114 valence electrons. The molecule has 0 saturated carbocycles. The van der Waals surface area contributed by atoms with E-state index in [1.807, 2.05) is 0 Å². The molecule has 3 N–H and O–H groups in total. The van der Waals surface area contributed by atoms with Gasteiger partial charge in [-0.05, 0) is 18.6 Å². The number of nitrogens with one attached hydrogen (secondary N) is 3. The van der Waals surface area contributed by atoms with Crippen molar-refractivity contribution in [2.45, 2.75) is 12.5 Å². The SMILES string of the molecule is O=C(CNC(=O)N[C@H]1CCS(=O)(=O)C1)Nc1cccnc1. The molecule has 8 nitrogen and oxygen atoms in total. The van der Waals surface area contributed by atoms with Gasteiger partial charge in [-0.15, -0.1) is 0 Å². The number of sulfone groups is 1. The molecule has 21 heavy (non-hydrogen) atoms. The van der Waals surface area contributed by atoms with E-state index in [4.69, 9.17) is 0 Å². The Balaban J connectivity index is 1.70. The molecule has 1 aromatic heterocycles. The molecule has 1 aromatic rings. The largest absolute Gasteiger partial charge is 0.334 e. The lowest BCUT2D eigenvalue weighted by Crippen LogP contribution is -2.45. The number of rotatable bonds is 4. The maximum Gasteiger partial charge on any atom is 0.315 e. The monoisotopic (exact) mass is 312 g/mol. The Labute approximate surface area is 122 Å². The minimum atomic E-state index is -3.04. The van der Waals surface area contributed by atoms with Crippen molar-refractivity contribution in [3.8, 4) is 0 Å². The molecule has 0 radical (unpaired) electrons. The van der Waals surface area contributed by atoms with Crippen LogP contribution < -0.4 is 16.0 Å². The smallest absolute Gasteiger partial charge is 0.315 e. The lowest BCUT2D eigenvalue weighted by molar-refractivity contribution is -0.115. The van der Waals surface area contributed by atoms with Crippen LogP contribution in [0.3, 0.4) is 0 Å². The van der Waals surface area contributed by atoms with Crippen LogP contribution in [0.15, 0.2) is 24.5 Å². The molecule has 1 saturated heterocycles. The predicted molar refractivity (Wildman–Crippen MR) is 76.5 cm³/mol. The lowest BCUT2D eigenvalue weighted by atomic mass is 10.3. The summed E-state index contributed by atoms with van der Waals surface area (Å²) in [5.74, 6) is -0.362. The van der Waals surface area contributed by atoms with Crippen molar-refractivity contribution >= 4 is 27.5 Å². The zero-order chi connectivity index (χ0) is 15.3. The minimum absolute atomic E-state index is 0.0533. The van der Waals surface area contributed by atoms with Gasteiger partial charge >= 0.3 is 6.03 Å². The Kier molecular flexibility index (Phi) is 4.73. The number of carbonyl (C=O) groups excluding carboxylic acids is 2. The molecule has 9 heteroatoms. The zero-order valence-electron chi connectivity index (χ0n) is 11.2. The fraction of sp³-hybridized carbons (Fsp3) is 0.417. The first-order chi connectivity index (χ1) is 9.94. The maximum absolute atomic E-state index is 11.6. The fourth-order valence-electron chi connectivity index (χ4n) is 1.95. The van der Waals surface area contributed by atoms with E-state index in [1.165, 1.54) is 6.20 Å². The Morgan fingerprint density at radius 2 is 2.19 bits per heavy atom. The summed E-state index contributed by atoms with van der Waals surface area (Å²) < 4.78 is 22.5. The van der Waals surface area contributed by atoms with Gasteiger partial charge in [0.05, 0.1) is 29.9 Å². The number of urea groups is 1. The predicted octanol–water partition coefficient (Wildman–Crippen LogP) is -0.494. The van der Waals surface area contributed by atoms with E-state index >= 15 is 0 Å². The highest BCUT2D eigenvalue weighted by atomic mass is 32.2. The Morgan fingerprint density at radius 1 is 1.38 bits per heavy atom. The van der Waals surface area contributed by atoms with Gasteiger partial charge < -0.3 is 16.0 Å². The average Bonchev–Trinajstić information content (AvgIpc) is 2.77. The Hall–Kier alpha value is -2.16. The topological polar surface area (TPSA) is 117 Å². The zero-order valence-corrected chi connectivity index (χ0v) is 12.0. The maximum atomic E-state index is 11.6. The van der Waals surface area contributed by atoms with Crippen molar-refractivity contribution < 1.29 is 18.0 Å². The Morgan fingerprint density at radius 3 is 2.81 bits per heavy atom. The fourth-order valence-corrected chi connectivity index (χ4v) is 3.62. The first kappa shape index (κ1) is 15.2. The lowest BCUT2D eigenvalue weighted by Gasteiger charge is -2.12. The first-order valence-electron chi connectivity index (χ1n) is 6.39. The molecule has 1 fully saturated rings. The molecule has 1 atom stereocenters. The standard InChI is InChI=1S/C12H16N4O4S/c17-11(15-9-2-1-4-13-6-9)7-14-12(18)16-10-3-5-21(19,20)8-10/h1-2,4,6,10H,3,5,7-8H2,(H,15,17)(H2,14,16,18)/t10-/m0/s1. The van der Waals surface area contributed by atoms with Crippen LogP contribution in [-0.4, -0.2) is 49.4 Å². The second kappa shape index (κ2) is 6.53. The van der Waals surface area contributed by atoms with Gasteiger partial charge in [-0.25, -0.2) is 13.2 Å². The van der Waals surface area contributed by atoms with Crippen molar-refractivity contribution in [1.82, 2.24) is 15.6 Å². The van der Waals surface area contributed by atoms with E-state index in [1.54, 1.807) is 18.3 Å². The summed E-state index contributed by atoms with van der Waals surface area (Å²) in [4.78, 5) is 27.0. The number of anilines is 1. The second-order valence-electron chi connectivity index (χ2n) is 4.72. The molecular weight excluding hydrogens is 296 g/mol. The van der Waals surface area contributed by atoms with Gasteiger partial charge in [0.1, 0.15) is 0 Å². The van der Waals surface area contributed by atoms with Crippen LogP contribution in [0.25, 0.3) is 0 Å². The summed E-state index contributed by atoms with van der Waals surface area (Å²) in [7, 11) is -3.04. The molecule has 2 rings (SSSR count). The van der Waals surface area contributed by atoms with Crippen molar-refractivity contribution in [1.29, 1.82) is 0 Å². The van der Waals surface area contributed by atoms with Crippen molar-refractivity contribution in [2.75, 3.05) is 23.4 Å². The molecule has 0 spiro atoms. The van der Waals surface area contributed by atoms with Crippen LogP contribution in [0.4, 0.5) is 10.5 Å². The van der Waals surface area contributed by atoms with E-state index in [0.717, 1.165) is 0 Å². The first-order valence-corrected chi connectivity index (χ1v) is 8.21. The summed E-state index contributed by atoms with van der Waals surface area (Å²) in [5.41, 5.74) is 0.534. The quantitative estimate of drug-likeness (QED) is 0.693. The summed E-state index contributed by atoms with van der Waals surface area (Å²) in [6.07, 6.45) is 3.47. The third-order valence-corrected chi connectivity index (χ3v) is 4.69. The van der Waals surface area contributed by atoms with Gasteiger partial charge in [-0.3, -0.25) is 9.78 Å². The van der Waals surface area contributed by atoms with Crippen molar-refractivity contribution in [3.63, 3.8) is 0 Å². The van der Waals surface area contributed by atoms with Crippen LogP contribution in [-0.2, 0) is 14.6 Å². The van der Waals surface area contributed by atoms with E-state index in [2.05, 4.69) is 20.9 Å². The number of amides is 3. The summed E-state index contributed by atoms with van der Waals surface area (Å²) in [5, 5.41) is 7.48. The Bertz CT molecular complexity index is 617. The van der Waals surface area contributed by atoms with E-state index in [-0.39, 0.29) is 18.1 Å². The number of hydrogen-bond donors (Lipinski definition) is 3. The van der Waals surface area contributed by atoms with Gasteiger partial charge in [-0.1, -0.05) is 0 Å². The highest BCUT2D eigenvalue weighted by Gasteiger charge is 2.28. The van der Waals surface area contributed by atoms with Crippen LogP contribution in [0.2, 0.25) is 0 Å². The molecule has 0 unspecified atom stereocenters. The molecule has 3 amide bonds. The van der Waals surface area contributed by atoms with Gasteiger partial charge in [-0.2, -0.15) is 0 Å². The van der Waals surface area contributed by atoms with Crippen LogP contribution in [0, 0.1) is 0 Å². The van der Waals surface area contributed by atoms with Gasteiger partial charge in [0, 0.05) is 12.2 Å². The summed E-state index contributed by atoms with van der Waals surface area (Å²) in [6.45, 7) is -0.208. The third kappa shape index (κ3) is 5.03. The molecule has 1 aliphatic rings. The third-order valence-electron chi connectivity index (χ3n) is 2.92. The number of nitrogens with zero attached hydrogens (tertiary/aromatic N) is 1. The molecule has 2 heterocycles. The highest BCUT2D eigenvalue weighted by Crippen LogP contribution is 2.10. The number of aromatic nitrogens is 1. The molecule has 0 aliphatic carbocycles. The van der Waals surface area contributed by atoms with Crippen molar-refractivity contribution in [3.05, 3.63) is 24.5 Å². The summed E-state index contributed by atoms with van der Waals surface area (Å²) >= 11 is 0. The molecule has 0 aromatic carbocycles. The van der Waals surface area contributed by atoms with Gasteiger partial charge in [0.15, 0.2) is 9.84 Å². The van der Waals surface area contributed by atoms with E-state index < -0.39 is 27.8 Å². The van der Waals surface area contributed by atoms with Gasteiger partial charge in [0.2, 0.25) is 5.91 Å². The molecule has 0 bridgehead atoms. The van der Waals surface area contributed by atoms with Crippen LogP contribution in [0.5, 0.6) is 0 Å². The minimum Gasteiger partial charge on any atom is -0.334 e. The highest BCUT2D eigenvalue weighted by molar-refractivity contribution is 7.91. The van der Waals surface area contributed by atoms with Gasteiger partial charge in [0.25, 0.3) is 0 Å². The number of hydrogen-bond acceptors (Lipinski definition) is 5. The van der Waals surface area contributed by atoms with E-state index in [0.29, 0.717) is 12.1 Å². The number of carbonyl (C=O) groups is 2. The van der Waals surface area contributed by atoms with E-state index in [9.17, 15) is 18.0 Å². The van der Waals surface area contributed by atoms with Crippen LogP contribution in [0.1, 0.15) is 6.42 Å². The normalized spacial score (nSPS) is 19.7. The number of pyridine rings is 1.